The number of hydrogen-bond acceptors (Lipinski definition) is 4. The summed E-state index contributed by atoms with van der Waals surface area (Å²) >= 11 is 0. The fourth-order valence-corrected chi connectivity index (χ4v) is 2.26. The van der Waals surface area contributed by atoms with Crippen LogP contribution in [0.5, 0.6) is 0 Å². The lowest BCUT2D eigenvalue weighted by molar-refractivity contribution is 0.183. The van der Waals surface area contributed by atoms with Gasteiger partial charge in [-0.2, -0.15) is 0 Å². The van der Waals surface area contributed by atoms with E-state index in [9.17, 15) is 4.79 Å². The Morgan fingerprint density at radius 3 is 3.15 bits per heavy atom. The van der Waals surface area contributed by atoms with Gasteiger partial charge in [0, 0.05) is 31.9 Å². The molecule has 1 fully saturated rings. The fraction of sp³-hybridized carbons (Fsp3) is 0.571. The Bertz CT molecular complexity index is 424. The van der Waals surface area contributed by atoms with Crippen molar-refractivity contribution in [3.8, 4) is 0 Å². The fourth-order valence-electron chi connectivity index (χ4n) is 2.26. The van der Waals surface area contributed by atoms with Gasteiger partial charge in [0.05, 0.1) is 6.10 Å². The van der Waals surface area contributed by atoms with Gasteiger partial charge in [-0.15, -0.1) is 0 Å². The molecule has 1 aromatic rings. The molecule has 3 N–H and O–H groups in total. The Morgan fingerprint density at radius 1 is 1.60 bits per heavy atom. The van der Waals surface area contributed by atoms with E-state index < -0.39 is 0 Å². The molecule has 2 amide bonds. The minimum absolute atomic E-state index is 0.142. The van der Waals surface area contributed by atoms with Gasteiger partial charge in [0.1, 0.15) is 5.82 Å². The zero-order valence-corrected chi connectivity index (χ0v) is 11.7. The van der Waals surface area contributed by atoms with Crippen LogP contribution in [-0.2, 0) is 0 Å². The van der Waals surface area contributed by atoms with Crippen LogP contribution >= 0.6 is 0 Å². The highest BCUT2D eigenvalue weighted by molar-refractivity contribution is 5.74. The molecule has 20 heavy (non-hydrogen) atoms. The highest BCUT2D eigenvalue weighted by Gasteiger charge is 2.24. The molecular weight excluding hydrogens is 256 g/mol. The van der Waals surface area contributed by atoms with Crippen LogP contribution in [0.4, 0.5) is 10.6 Å². The van der Waals surface area contributed by atoms with Crippen molar-refractivity contribution in [3.05, 3.63) is 24.4 Å². The average Bonchev–Trinajstić information content (AvgIpc) is 2.88. The summed E-state index contributed by atoms with van der Waals surface area (Å²) in [4.78, 5) is 18.2. The molecular formula is C14H22N4O2. The number of carbonyl (C=O) groups excluding carboxylic acids is 1. The minimum Gasteiger partial charge on any atom is -0.393 e. The third-order valence-electron chi connectivity index (χ3n) is 3.34. The first-order chi connectivity index (χ1) is 9.65. The maximum atomic E-state index is 11.7. The van der Waals surface area contributed by atoms with Crippen LogP contribution in [0.1, 0.15) is 19.8 Å². The summed E-state index contributed by atoms with van der Waals surface area (Å²) < 4.78 is 0. The van der Waals surface area contributed by atoms with E-state index in [0.717, 1.165) is 25.3 Å². The van der Waals surface area contributed by atoms with Crippen molar-refractivity contribution in [3.63, 3.8) is 0 Å². The van der Waals surface area contributed by atoms with Gasteiger partial charge in [0.25, 0.3) is 0 Å². The molecule has 0 radical (unpaired) electrons. The van der Waals surface area contributed by atoms with E-state index in [1.807, 2.05) is 18.2 Å². The van der Waals surface area contributed by atoms with Crippen LogP contribution in [0, 0.1) is 0 Å². The first kappa shape index (κ1) is 14.6. The monoisotopic (exact) mass is 278 g/mol. The van der Waals surface area contributed by atoms with Crippen LogP contribution in [0.2, 0.25) is 0 Å². The summed E-state index contributed by atoms with van der Waals surface area (Å²) in [5, 5.41) is 14.8. The standard InChI is InChI=1S/C14H22N4O2/c1-11(19)5-8-16-14(20)17-12-6-9-18(10-12)13-4-2-3-7-15-13/h2-4,7,11-12,19H,5-6,8-10H2,1H3,(H2,16,17,20). The Morgan fingerprint density at radius 2 is 2.45 bits per heavy atom. The molecule has 1 aliphatic heterocycles. The van der Waals surface area contributed by atoms with Gasteiger partial charge in [0.15, 0.2) is 0 Å². The second kappa shape index (κ2) is 7.09. The van der Waals surface area contributed by atoms with Gasteiger partial charge in [-0.05, 0) is 31.9 Å². The number of pyridine rings is 1. The molecule has 2 rings (SSSR count). The lowest BCUT2D eigenvalue weighted by atomic mass is 10.2. The Hall–Kier alpha value is -1.82. The third-order valence-corrected chi connectivity index (χ3v) is 3.34. The van der Waals surface area contributed by atoms with Gasteiger partial charge < -0.3 is 20.6 Å². The van der Waals surface area contributed by atoms with Crippen LogP contribution < -0.4 is 15.5 Å². The summed E-state index contributed by atoms with van der Waals surface area (Å²) in [7, 11) is 0. The van der Waals surface area contributed by atoms with Gasteiger partial charge in [0.2, 0.25) is 0 Å². The summed E-state index contributed by atoms with van der Waals surface area (Å²) in [6, 6.07) is 5.81. The number of amides is 2. The number of rotatable bonds is 5. The zero-order chi connectivity index (χ0) is 14.4. The SMILES string of the molecule is CC(O)CCNC(=O)NC1CCN(c2ccccn2)C1. The molecule has 0 aliphatic carbocycles. The molecule has 1 aliphatic rings. The highest BCUT2D eigenvalue weighted by Crippen LogP contribution is 2.17. The molecule has 0 saturated carbocycles. The number of aliphatic hydroxyl groups excluding tert-OH is 1. The van der Waals surface area contributed by atoms with Crippen molar-refractivity contribution in [2.24, 2.45) is 0 Å². The molecule has 0 bridgehead atoms. The van der Waals surface area contributed by atoms with Crippen molar-refractivity contribution in [2.45, 2.75) is 31.9 Å². The number of nitrogens with zero attached hydrogens (tertiary/aromatic N) is 2. The molecule has 2 unspecified atom stereocenters. The van der Waals surface area contributed by atoms with Crippen molar-refractivity contribution in [1.29, 1.82) is 0 Å². The van der Waals surface area contributed by atoms with Crippen molar-refractivity contribution in [1.82, 2.24) is 15.6 Å². The Kier molecular flexibility index (Phi) is 5.17. The van der Waals surface area contributed by atoms with E-state index in [-0.39, 0.29) is 18.2 Å². The molecule has 2 atom stereocenters. The summed E-state index contributed by atoms with van der Waals surface area (Å²) in [5.74, 6) is 0.950. The lowest BCUT2D eigenvalue weighted by Crippen LogP contribution is -2.44. The molecule has 6 nitrogen and oxygen atoms in total. The van der Waals surface area contributed by atoms with Crippen LogP contribution in [0.3, 0.4) is 0 Å². The Labute approximate surface area is 119 Å². The van der Waals surface area contributed by atoms with E-state index in [4.69, 9.17) is 5.11 Å². The lowest BCUT2D eigenvalue weighted by Gasteiger charge is -2.18. The number of hydrogen-bond donors (Lipinski definition) is 3. The van der Waals surface area contributed by atoms with Gasteiger partial charge in [-0.1, -0.05) is 6.07 Å². The van der Waals surface area contributed by atoms with E-state index in [1.54, 1.807) is 13.1 Å². The maximum absolute atomic E-state index is 11.7. The predicted octanol–water partition coefficient (Wildman–Crippen LogP) is 0.730. The molecule has 1 aromatic heterocycles. The van der Waals surface area contributed by atoms with Crippen LogP contribution in [0.15, 0.2) is 24.4 Å². The van der Waals surface area contributed by atoms with Gasteiger partial charge >= 0.3 is 6.03 Å². The minimum atomic E-state index is -0.388. The molecule has 2 heterocycles. The number of aromatic nitrogens is 1. The normalized spacial score (nSPS) is 19.7. The smallest absolute Gasteiger partial charge is 0.315 e. The van der Waals surface area contributed by atoms with Crippen molar-refractivity contribution >= 4 is 11.8 Å². The highest BCUT2D eigenvalue weighted by atomic mass is 16.3. The van der Waals surface area contributed by atoms with E-state index in [1.165, 1.54) is 0 Å². The molecule has 0 spiro atoms. The largest absolute Gasteiger partial charge is 0.393 e. The van der Waals surface area contributed by atoms with Crippen LogP contribution in [-0.4, -0.2) is 47.9 Å². The topological polar surface area (TPSA) is 77.5 Å². The number of anilines is 1. The quantitative estimate of drug-likeness (QED) is 0.742. The first-order valence-corrected chi connectivity index (χ1v) is 7.03. The van der Waals surface area contributed by atoms with E-state index >= 15 is 0 Å². The van der Waals surface area contributed by atoms with E-state index in [0.29, 0.717) is 13.0 Å². The first-order valence-electron chi connectivity index (χ1n) is 7.03. The van der Waals surface area contributed by atoms with Crippen LogP contribution in [0.25, 0.3) is 0 Å². The number of aliphatic hydroxyl groups is 1. The van der Waals surface area contributed by atoms with Gasteiger partial charge in [-0.25, -0.2) is 9.78 Å². The molecule has 0 aromatic carbocycles. The Balaban J connectivity index is 1.72. The summed E-state index contributed by atoms with van der Waals surface area (Å²) in [6.07, 6.45) is 2.87. The molecule has 110 valence electrons. The third kappa shape index (κ3) is 4.38. The predicted molar refractivity (Wildman–Crippen MR) is 77.7 cm³/mol. The van der Waals surface area contributed by atoms with Crippen molar-refractivity contribution < 1.29 is 9.90 Å². The van der Waals surface area contributed by atoms with E-state index in [2.05, 4.69) is 20.5 Å². The number of nitrogens with one attached hydrogen (secondary N) is 2. The van der Waals surface area contributed by atoms with Crippen molar-refractivity contribution in [2.75, 3.05) is 24.5 Å². The number of urea groups is 1. The maximum Gasteiger partial charge on any atom is 0.315 e. The summed E-state index contributed by atoms with van der Waals surface area (Å²) in [5.41, 5.74) is 0. The summed E-state index contributed by atoms with van der Waals surface area (Å²) in [6.45, 7) is 3.87. The molecule has 6 heteroatoms. The molecule has 1 saturated heterocycles. The second-order valence-corrected chi connectivity index (χ2v) is 5.16. The average molecular weight is 278 g/mol. The number of carbonyl (C=O) groups is 1. The van der Waals surface area contributed by atoms with Gasteiger partial charge in [-0.3, -0.25) is 0 Å². The second-order valence-electron chi connectivity index (χ2n) is 5.16. The zero-order valence-electron chi connectivity index (χ0n) is 11.7.